The summed E-state index contributed by atoms with van der Waals surface area (Å²) in [4.78, 5) is 34.3. The van der Waals surface area contributed by atoms with Gasteiger partial charge in [-0.2, -0.15) is 0 Å². The second-order valence-electron chi connectivity index (χ2n) is 20.8. The van der Waals surface area contributed by atoms with Crippen LogP contribution in [-0.2, 0) is 32.2 Å². The van der Waals surface area contributed by atoms with Crippen LogP contribution >= 0.6 is 11.6 Å². The number of methoxy groups -OCH3 is 2. The molecule has 4 aromatic heterocycles. The summed E-state index contributed by atoms with van der Waals surface area (Å²) in [5.74, 6) is 3.30. The Kier molecular flexibility index (Phi) is 16.8. The SMILES string of the molecule is CN[C@@H]1CC[C@H](OCc2c(-c3ccccc3C)noc2C2CC2)C1.COC(=O)c1ccc2nc(Cl)ccc2c1.COC(=O)c1ccc2nc(N(C)[C@@H]3CC[C@H](OCc4c(-c5ccccc5C)noc4C4CC4)C3)ccc2c1. The number of aryl methyl sites for hydroxylation is 2. The van der Waals surface area contributed by atoms with Gasteiger partial charge in [0.15, 0.2) is 0 Å². The number of ether oxygens (including phenoxy) is 4. The molecule has 0 spiro atoms. The van der Waals surface area contributed by atoms with E-state index < -0.39 is 0 Å². The van der Waals surface area contributed by atoms with E-state index in [9.17, 15) is 9.59 Å². The summed E-state index contributed by atoms with van der Waals surface area (Å²) >= 11 is 5.75. The number of esters is 2. The van der Waals surface area contributed by atoms with Gasteiger partial charge in [-0.15, -0.1) is 0 Å². The minimum atomic E-state index is -0.355. The second kappa shape index (κ2) is 24.1. The molecule has 0 aliphatic heterocycles. The fraction of sp³-hybridized carbons (Fsp3) is 0.387. The molecule has 0 radical (unpaired) electrons. The Morgan fingerprint density at radius 3 is 1.64 bits per heavy atom. The highest BCUT2D eigenvalue weighted by Gasteiger charge is 2.36. The standard InChI is InChI=1S/C31H33N3O4.C20H26N2O2.C11H8ClNO2/c1-19-6-4-5-7-25(19)29-26(30(38-33-29)20-8-9-20)18-37-24-13-12-23(17-24)34(2)28-15-11-21-16-22(31(35)36-3)10-14-27(21)32-28;1-13-5-3-4-6-17(13)19-18(20(24-22-19)14-7-8-14)12-23-16-10-9-15(11-16)21-2;1-15-11(14)8-2-4-9-7(6-8)3-5-10(12)13-9/h4-7,10-11,14-16,20,23-24H,8-9,12-13,17-18H2,1-3H3;3-6,14-16,21H,7-12H2,1-2H3;2-6H,1H3/t23-,24+;15-,16+;/m11./s1. The molecule has 1 N–H and O–H groups in total. The number of pyridine rings is 2. The maximum absolute atomic E-state index is 11.9. The molecule has 8 aromatic rings. The average molecular weight is 1060 g/mol. The number of aromatic nitrogens is 4. The molecule has 14 nitrogen and oxygen atoms in total. The van der Waals surface area contributed by atoms with Crippen LogP contribution in [0.25, 0.3) is 44.3 Å². The number of halogens is 1. The van der Waals surface area contributed by atoms with Crippen molar-refractivity contribution in [2.45, 2.75) is 127 Å². The van der Waals surface area contributed by atoms with Gasteiger partial charge >= 0.3 is 11.9 Å². The molecule has 4 atom stereocenters. The third-order valence-corrected chi connectivity index (χ3v) is 15.7. The summed E-state index contributed by atoms with van der Waals surface area (Å²) in [6.45, 7) is 5.37. The van der Waals surface area contributed by atoms with Crippen LogP contribution in [0.5, 0.6) is 0 Å². The zero-order valence-corrected chi connectivity index (χ0v) is 45.5. The van der Waals surface area contributed by atoms with Crippen LogP contribution < -0.4 is 10.2 Å². The monoisotopic (exact) mass is 1060 g/mol. The van der Waals surface area contributed by atoms with E-state index in [0.717, 1.165) is 112 Å². The first kappa shape index (κ1) is 53.4. The Labute approximate surface area is 454 Å². The van der Waals surface area contributed by atoms with Crippen molar-refractivity contribution in [2.24, 2.45) is 0 Å². The number of hydrogen-bond acceptors (Lipinski definition) is 14. The van der Waals surface area contributed by atoms with Crippen LogP contribution in [0.1, 0.15) is 131 Å². The molecule has 0 saturated heterocycles. The normalized spacial score (nSPS) is 18.8. The lowest BCUT2D eigenvalue weighted by Crippen LogP contribution is -2.30. The van der Waals surface area contributed by atoms with E-state index in [1.165, 1.54) is 50.2 Å². The predicted molar refractivity (Wildman–Crippen MR) is 298 cm³/mol. The molecule has 0 amide bonds. The minimum absolute atomic E-state index is 0.178. The number of nitrogens with one attached hydrogen (secondary N) is 1. The van der Waals surface area contributed by atoms with Crippen molar-refractivity contribution >= 4 is 51.2 Å². The predicted octanol–water partition coefficient (Wildman–Crippen LogP) is 13.3. The summed E-state index contributed by atoms with van der Waals surface area (Å²) in [6.07, 6.45) is 11.7. The number of rotatable bonds is 15. The van der Waals surface area contributed by atoms with Gasteiger partial charge < -0.3 is 38.2 Å². The van der Waals surface area contributed by atoms with E-state index in [-0.39, 0.29) is 18.0 Å². The first-order chi connectivity index (χ1) is 37.5. The average Bonchev–Trinajstić information content (AvgIpc) is 4.27. The molecule has 4 aromatic carbocycles. The van der Waals surface area contributed by atoms with Crippen molar-refractivity contribution in [3.8, 4) is 22.5 Å². The van der Waals surface area contributed by atoms with E-state index in [2.05, 4.69) is 99.7 Å². The first-order valence-corrected chi connectivity index (χ1v) is 27.2. The van der Waals surface area contributed by atoms with Crippen molar-refractivity contribution in [1.29, 1.82) is 0 Å². The summed E-state index contributed by atoms with van der Waals surface area (Å²) in [5, 5.41) is 14.5. The number of benzene rings is 4. The van der Waals surface area contributed by atoms with Crippen LogP contribution in [0, 0.1) is 13.8 Å². The molecule has 4 aliphatic rings. The molecule has 4 fully saturated rings. The number of carbonyl (C=O) groups excluding carboxylic acids is 2. The van der Waals surface area contributed by atoms with Gasteiger partial charge in [0.05, 0.1) is 61.8 Å². The van der Waals surface area contributed by atoms with Crippen LogP contribution in [0.15, 0.2) is 118 Å². The number of hydrogen-bond donors (Lipinski definition) is 1. The van der Waals surface area contributed by atoms with Crippen molar-refractivity contribution in [1.82, 2.24) is 25.6 Å². The lowest BCUT2D eigenvalue weighted by molar-refractivity contribution is 0.0436. The zero-order valence-electron chi connectivity index (χ0n) is 44.7. The third kappa shape index (κ3) is 12.6. The highest BCUT2D eigenvalue weighted by atomic mass is 35.5. The van der Waals surface area contributed by atoms with Gasteiger partial charge in [-0.25, -0.2) is 19.6 Å². The van der Waals surface area contributed by atoms with Crippen LogP contribution in [-0.4, -0.2) is 84.8 Å². The molecular formula is C62H67ClN6O8. The molecule has 4 heterocycles. The molecule has 4 saturated carbocycles. The van der Waals surface area contributed by atoms with Crippen molar-refractivity contribution in [2.75, 3.05) is 33.2 Å². The van der Waals surface area contributed by atoms with E-state index in [1.54, 1.807) is 30.3 Å². The van der Waals surface area contributed by atoms with Crippen LogP contribution in [0.3, 0.4) is 0 Å². The molecular weight excluding hydrogens is 992 g/mol. The fourth-order valence-corrected chi connectivity index (χ4v) is 10.8. The first-order valence-electron chi connectivity index (χ1n) is 26.8. The van der Waals surface area contributed by atoms with Crippen molar-refractivity contribution in [3.63, 3.8) is 0 Å². The Morgan fingerprint density at radius 1 is 0.623 bits per heavy atom. The topological polar surface area (TPSA) is 164 Å². The molecule has 77 heavy (non-hydrogen) atoms. The lowest BCUT2D eigenvalue weighted by atomic mass is 10.0. The number of nitrogens with zero attached hydrogens (tertiary/aromatic N) is 5. The van der Waals surface area contributed by atoms with Gasteiger partial charge in [-0.3, -0.25) is 0 Å². The Morgan fingerprint density at radius 2 is 1.13 bits per heavy atom. The maximum Gasteiger partial charge on any atom is 0.337 e. The van der Waals surface area contributed by atoms with Gasteiger partial charge in [0.1, 0.15) is 33.9 Å². The van der Waals surface area contributed by atoms with E-state index in [4.69, 9.17) is 39.8 Å². The molecule has 12 rings (SSSR count). The summed E-state index contributed by atoms with van der Waals surface area (Å²) in [5.41, 5.74) is 11.5. The molecule has 0 unspecified atom stereocenters. The van der Waals surface area contributed by atoms with Crippen LogP contribution in [0.2, 0.25) is 5.15 Å². The lowest BCUT2D eigenvalue weighted by Gasteiger charge is -2.26. The number of anilines is 1. The maximum atomic E-state index is 11.9. The van der Waals surface area contributed by atoms with Gasteiger partial charge in [-0.1, -0.05) is 70.4 Å². The highest BCUT2D eigenvalue weighted by molar-refractivity contribution is 6.29. The molecule has 15 heteroatoms. The largest absolute Gasteiger partial charge is 0.465 e. The highest BCUT2D eigenvalue weighted by Crippen LogP contribution is 2.46. The zero-order chi connectivity index (χ0) is 53.6. The molecule has 4 aliphatic carbocycles. The smallest absolute Gasteiger partial charge is 0.337 e. The van der Waals surface area contributed by atoms with E-state index in [0.29, 0.717) is 59.5 Å². The summed E-state index contributed by atoms with van der Waals surface area (Å²) in [6, 6.07) is 35.8. The minimum Gasteiger partial charge on any atom is -0.465 e. The quantitative estimate of drug-likeness (QED) is 0.0761. The van der Waals surface area contributed by atoms with Gasteiger partial charge in [0, 0.05) is 64.0 Å². The fourth-order valence-electron chi connectivity index (χ4n) is 10.6. The molecule has 400 valence electrons. The van der Waals surface area contributed by atoms with E-state index in [1.807, 2.05) is 37.4 Å². The Bertz CT molecular complexity index is 3370. The third-order valence-electron chi connectivity index (χ3n) is 15.5. The van der Waals surface area contributed by atoms with Crippen molar-refractivity contribution < 1.29 is 37.6 Å². The van der Waals surface area contributed by atoms with E-state index >= 15 is 0 Å². The molecule has 0 bridgehead atoms. The van der Waals surface area contributed by atoms with Gasteiger partial charge in [0.25, 0.3) is 0 Å². The summed E-state index contributed by atoms with van der Waals surface area (Å²) < 4.78 is 33.8. The second-order valence-corrected chi connectivity index (χ2v) is 21.2. The number of fused-ring (bicyclic) bond motifs is 2. The summed E-state index contributed by atoms with van der Waals surface area (Å²) in [7, 11) is 6.88. The van der Waals surface area contributed by atoms with Gasteiger partial charge in [-0.05, 0) is 157 Å². The van der Waals surface area contributed by atoms with Crippen molar-refractivity contribution in [3.05, 3.63) is 159 Å². The van der Waals surface area contributed by atoms with Crippen LogP contribution in [0.4, 0.5) is 5.82 Å². The Balaban J connectivity index is 0.000000146. The number of carbonyl (C=O) groups is 2. The van der Waals surface area contributed by atoms with Gasteiger partial charge in [0.2, 0.25) is 0 Å². The Hall–Kier alpha value is -6.97.